The molecule has 1 aromatic heterocycles. The molecule has 0 saturated heterocycles. The van der Waals surface area contributed by atoms with E-state index in [-0.39, 0.29) is 0 Å². The summed E-state index contributed by atoms with van der Waals surface area (Å²) in [7, 11) is 0. The highest BCUT2D eigenvalue weighted by atomic mass is 16.5. The Morgan fingerprint density at radius 1 is 1.30 bits per heavy atom. The first-order valence-electron chi connectivity index (χ1n) is 7.06. The first kappa shape index (κ1) is 14.4. The minimum Gasteiger partial charge on any atom is -0.492 e. The molecular formula is C17H22N2O. The lowest BCUT2D eigenvalue weighted by molar-refractivity contribution is 0.341. The van der Waals surface area contributed by atoms with Crippen molar-refractivity contribution in [2.24, 2.45) is 4.99 Å². The highest BCUT2D eigenvalue weighted by molar-refractivity contribution is 5.82. The number of aromatic nitrogens is 1. The van der Waals surface area contributed by atoms with Gasteiger partial charge < -0.3 is 9.30 Å². The van der Waals surface area contributed by atoms with Crippen molar-refractivity contribution in [3.8, 4) is 5.75 Å². The first-order chi connectivity index (χ1) is 9.61. The topological polar surface area (TPSA) is 26.5 Å². The van der Waals surface area contributed by atoms with Crippen LogP contribution in [0, 0.1) is 6.92 Å². The van der Waals surface area contributed by atoms with Crippen molar-refractivity contribution in [1.29, 1.82) is 0 Å². The third-order valence-electron chi connectivity index (χ3n) is 3.15. The Balaban J connectivity index is 2.23. The molecule has 3 nitrogen and oxygen atoms in total. The van der Waals surface area contributed by atoms with Crippen molar-refractivity contribution in [1.82, 2.24) is 4.57 Å². The molecule has 0 aliphatic heterocycles. The lowest BCUT2D eigenvalue weighted by atomic mass is 10.3. The second kappa shape index (κ2) is 6.42. The maximum atomic E-state index is 5.57. The van der Waals surface area contributed by atoms with Crippen LogP contribution < -0.4 is 4.74 Å². The molecule has 0 fully saturated rings. The Labute approximate surface area is 120 Å². The lowest BCUT2D eigenvalue weighted by Gasteiger charge is -2.08. The third-order valence-corrected chi connectivity index (χ3v) is 3.15. The Morgan fingerprint density at radius 2 is 2.05 bits per heavy atom. The molecule has 0 atom stereocenters. The summed E-state index contributed by atoms with van der Waals surface area (Å²) in [6.07, 6.45) is 4.02. The zero-order valence-electron chi connectivity index (χ0n) is 12.6. The van der Waals surface area contributed by atoms with Crippen LogP contribution in [-0.2, 0) is 0 Å². The third kappa shape index (κ3) is 3.29. The van der Waals surface area contributed by atoms with E-state index in [0.29, 0.717) is 12.6 Å². The Bertz CT molecular complexity index is 597. The molecule has 0 bridgehead atoms. The number of hydrogen-bond acceptors (Lipinski definition) is 2. The van der Waals surface area contributed by atoms with Gasteiger partial charge in [-0.15, -0.1) is 0 Å². The van der Waals surface area contributed by atoms with Gasteiger partial charge in [0, 0.05) is 29.7 Å². The molecule has 0 aliphatic rings. The van der Waals surface area contributed by atoms with Crippen LogP contribution in [0.25, 0.3) is 0 Å². The molecule has 20 heavy (non-hydrogen) atoms. The van der Waals surface area contributed by atoms with Crippen LogP contribution in [0.15, 0.2) is 41.5 Å². The number of benzene rings is 1. The van der Waals surface area contributed by atoms with Crippen LogP contribution in [0.1, 0.15) is 38.1 Å². The quantitative estimate of drug-likeness (QED) is 0.733. The second-order valence-corrected chi connectivity index (χ2v) is 5.07. The first-order valence-corrected chi connectivity index (χ1v) is 7.06. The molecule has 3 heteroatoms. The maximum absolute atomic E-state index is 5.57. The Hall–Kier alpha value is -2.03. The van der Waals surface area contributed by atoms with Crippen molar-refractivity contribution in [3.05, 3.63) is 47.8 Å². The Morgan fingerprint density at radius 3 is 2.70 bits per heavy atom. The predicted molar refractivity (Wildman–Crippen MR) is 84.4 cm³/mol. The van der Waals surface area contributed by atoms with Gasteiger partial charge in [0.2, 0.25) is 0 Å². The van der Waals surface area contributed by atoms with E-state index in [1.54, 1.807) is 0 Å². The van der Waals surface area contributed by atoms with E-state index in [1.165, 1.54) is 5.69 Å². The molecule has 2 aromatic rings. The highest BCUT2D eigenvalue weighted by Crippen LogP contribution is 2.26. The van der Waals surface area contributed by atoms with Gasteiger partial charge in [0.15, 0.2) is 0 Å². The van der Waals surface area contributed by atoms with Gasteiger partial charge in [-0.2, -0.15) is 0 Å². The molecule has 0 spiro atoms. The fourth-order valence-corrected chi connectivity index (χ4v) is 2.23. The molecule has 0 N–H and O–H groups in total. The molecule has 1 aromatic carbocycles. The summed E-state index contributed by atoms with van der Waals surface area (Å²) < 4.78 is 7.82. The number of ether oxygens (including phenoxy) is 1. The summed E-state index contributed by atoms with van der Waals surface area (Å²) in [5.41, 5.74) is 3.23. The minimum atomic E-state index is 0.466. The number of nitrogens with zero attached hydrogens (tertiary/aromatic N) is 2. The van der Waals surface area contributed by atoms with Gasteiger partial charge in [0.25, 0.3) is 0 Å². The lowest BCUT2D eigenvalue weighted by Crippen LogP contribution is -2.00. The van der Waals surface area contributed by atoms with Crippen LogP contribution in [0.2, 0.25) is 0 Å². The molecule has 1 heterocycles. The fraction of sp³-hybridized carbons (Fsp3) is 0.353. The van der Waals surface area contributed by atoms with E-state index in [4.69, 9.17) is 4.74 Å². The van der Waals surface area contributed by atoms with E-state index in [0.717, 1.165) is 17.0 Å². The summed E-state index contributed by atoms with van der Waals surface area (Å²) in [4.78, 5) is 4.55. The molecule has 106 valence electrons. The number of para-hydroxylation sites is 2. The number of aryl methyl sites for hydroxylation is 1. The standard InChI is InChI=1S/C17H22N2O/c1-5-20-17-9-7-6-8-16(17)18-11-15-10-14(4)19(12-15)13(2)3/h6-13H,5H2,1-4H3. The largest absolute Gasteiger partial charge is 0.492 e. The summed E-state index contributed by atoms with van der Waals surface area (Å²) in [5, 5.41) is 0. The smallest absolute Gasteiger partial charge is 0.144 e. The fourth-order valence-electron chi connectivity index (χ4n) is 2.23. The van der Waals surface area contributed by atoms with Crippen LogP contribution in [0.5, 0.6) is 5.75 Å². The van der Waals surface area contributed by atoms with Gasteiger partial charge >= 0.3 is 0 Å². The van der Waals surface area contributed by atoms with Gasteiger partial charge in [0.1, 0.15) is 11.4 Å². The monoisotopic (exact) mass is 270 g/mol. The van der Waals surface area contributed by atoms with Crippen molar-refractivity contribution < 1.29 is 4.74 Å². The summed E-state index contributed by atoms with van der Waals surface area (Å²) >= 11 is 0. The highest BCUT2D eigenvalue weighted by Gasteiger charge is 2.04. The number of rotatable bonds is 5. The number of hydrogen-bond donors (Lipinski definition) is 0. The average molecular weight is 270 g/mol. The van der Waals surface area contributed by atoms with Crippen LogP contribution in [0.4, 0.5) is 5.69 Å². The molecule has 0 saturated carbocycles. The predicted octanol–water partition coefficient (Wildman–Crippen LogP) is 4.53. The van der Waals surface area contributed by atoms with E-state index >= 15 is 0 Å². The SMILES string of the molecule is CCOc1ccccc1N=Cc1cc(C)n(C(C)C)c1. The van der Waals surface area contributed by atoms with Crippen LogP contribution in [-0.4, -0.2) is 17.4 Å². The molecule has 0 unspecified atom stereocenters. The van der Waals surface area contributed by atoms with Crippen molar-refractivity contribution in [3.63, 3.8) is 0 Å². The van der Waals surface area contributed by atoms with Crippen molar-refractivity contribution in [2.45, 2.75) is 33.7 Å². The average Bonchev–Trinajstić information content (AvgIpc) is 2.79. The van der Waals surface area contributed by atoms with Crippen molar-refractivity contribution in [2.75, 3.05) is 6.61 Å². The molecular weight excluding hydrogens is 248 g/mol. The molecule has 0 aliphatic carbocycles. The van der Waals surface area contributed by atoms with E-state index in [1.807, 2.05) is 37.4 Å². The van der Waals surface area contributed by atoms with Gasteiger partial charge in [-0.05, 0) is 45.9 Å². The van der Waals surface area contributed by atoms with E-state index < -0.39 is 0 Å². The Kier molecular flexibility index (Phi) is 4.61. The molecule has 0 amide bonds. The van der Waals surface area contributed by atoms with E-state index in [9.17, 15) is 0 Å². The normalized spacial score (nSPS) is 11.4. The van der Waals surface area contributed by atoms with Crippen LogP contribution in [0.3, 0.4) is 0 Å². The number of aliphatic imine (C=N–C) groups is 1. The molecule has 2 rings (SSSR count). The van der Waals surface area contributed by atoms with Gasteiger partial charge in [-0.25, -0.2) is 0 Å². The summed E-state index contributed by atoms with van der Waals surface area (Å²) in [6.45, 7) is 9.10. The second-order valence-electron chi connectivity index (χ2n) is 5.07. The van der Waals surface area contributed by atoms with Gasteiger partial charge in [0.05, 0.1) is 6.61 Å². The van der Waals surface area contributed by atoms with Crippen molar-refractivity contribution >= 4 is 11.9 Å². The maximum Gasteiger partial charge on any atom is 0.144 e. The zero-order valence-corrected chi connectivity index (χ0v) is 12.6. The molecule has 0 radical (unpaired) electrons. The minimum absolute atomic E-state index is 0.466. The summed E-state index contributed by atoms with van der Waals surface area (Å²) in [6, 6.07) is 10.5. The van der Waals surface area contributed by atoms with Gasteiger partial charge in [-0.3, -0.25) is 4.99 Å². The summed E-state index contributed by atoms with van der Waals surface area (Å²) in [5.74, 6) is 0.825. The van der Waals surface area contributed by atoms with Crippen LogP contribution >= 0.6 is 0 Å². The zero-order chi connectivity index (χ0) is 14.5. The van der Waals surface area contributed by atoms with E-state index in [2.05, 4.69) is 42.6 Å². The van der Waals surface area contributed by atoms with Gasteiger partial charge in [-0.1, -0.05) is 12.1 Å².